The van der Waals surface area contributed by atoms with Gasteiger partial charge in [0.1, 0.15) is 0 Å². The minimum Gasteiger partial charge on any atom is -0.478 e. The van der Waals surface area contributed by atoms with E-state index in [0.29, 0.717) is 6.42 Å². The summed E-state index contributed by atoms with van der Waals surface area (Å²) in [6.45, 7) is 7.05. The van der Waals surface area contributed by atoms with Crippen molar-refractivity contribution < 1.29 is 14.6 Å². The van der Waals surface area contributed by atoms with Crippen LogP contribution in [0.2, 0.25) is 0 Å². The summed E-state index contributed by atoms with van der Waals surface area (Å²) < 4.78 is 5.03. The maximum absolute atomic E-state index is 10.3. The molecular weight excluding hydrogens is 144 g/mol. The van der Waals surface area contributed by atoms with E-state index in [9.17, 15) is 4.79 Å². The monoisotopic (exact) mass is 158 g/mol. The average molecular weight is 158 g/mol. The Hall–Kier alpha value is -0.830. The zero-order chi connectivity index (χ0) is 9.07. The van der Waals surface area contributed by atoms with Crippen molar-refractivity contribution in [1.29, 1.82) is 0 Å². The van der Waals surface area contributed by atoms with Gasteiger partial charge in [-0.3, -0.25) is 0 Å². The Bertz CT molecular complexity index is 170. The van der Waals surface area contributed by atoms with Gasteiger partial charge in [0.25, 0.3) is 0 Å². The van der Waals surface area contributed by atoms with Crippen molar-refractivity contribution >= 4 is 5.97 Å². The molecule has 0 aromatic heterocycles. The highest BCUT2D eigenvalue weighted by molar-refractivity contribution is 5.85. The molecule has 3 nitrogen and oxygen atoms in total. The van der Waals surface area contributed by atoms with Gasteiger partial charge >= 0.3 is 5.97 Å². The van der Waals surface area contributed by atoms with Gasteiger partial charge < -0.3 is 9.84 Å². The van der Waals surface area contributed by atoms with Gasteiger partial charge in [-0.2, -0.15) is 0 Å². The normalized spacial score (nSPS) is 11.2. The Balaban J connectivity index is 4.04. The molecule has 0 unspecified atom stereocenters. The van der Waals surface area contributed by atoms with Crippen LogP contribution in [0.5, 0.6) is 0 Å². The first-order chi connectivity index (χ1) is 4.89. The van der Waals surface area contributed by atoms with E-state index in [-0.39, 0.29) is 5.57 Å². The second kappa shape index (κ2) is 3.53. The van der Waals surface area contributed by atoms with Crippen LogP contribution in [0.3, 0.4) is 0 Å². The molecule has 0 aromatic carbocycles. The third-order valence-corrected chi connectivity index (χ3v) is 1.49. The first-order valence-electron chi connectivity index (χ1n) is 3.35. The second-order valence-corrected chi connectivity index (χ2v) is 3.05. The lowest BCUT2D eigenvalue weighted by molar-refractivity contribution is -0.133. The van der Waals surface area contributed by atoms with Gasteiger partial charge in [-0.15, -0.1) is 0 Å². The highest BCUT2D eigenvalue weighted by Crippen LogP contribution is 2.17. The Morgan fingerprint density at radius 1 is 1.64 bits per heavy atom. The maximum Gasteiger partial charge on any atom is 0.331 e. The highest BCUT2D eigenvalue weighted by atomic mass is 16.5. The average Bonchev–Trinajstić information content (AvgIpc) is 1.87. The fraction of sp³-hybridized carbons (Fsp3) is 0.625. The quantitative estimate of drug-likeness (QED) is 0.630. The summed E-state index contributed by atoms with van der Waals surface area (Å²) in [7, 11) is 1.55. The van der Waals surface area contributed by atoms with Gasteiger partial charge in [-0.05, 0) is 13.8 Å². The number of aliphatic carboxylic acids is 1. The van der Waals surface area contributed by atoms with Crippen LogP contribution in [-0.2, 0) is 9.53 Å². The van der Waals surface area contributed by atoms with Gasteiger partial charge in [0.05, 0.1) is 5.60 Å². The first kappa shape index (κ1) is 10.2. The lowest BCUT2D eigenvalue weighted by Gasteiger charge is -2.22. The predicted molar refractivity (Wildman–Crippen MR) is 42.5 cm³/mol. The van der Waals surface area contributed by atoms with Crippen molar-refractivity contribution in [2.75, 3.05) is 7.11 Å². The SMILES string of the molecule is C=C(CC(C)(C)OC)C(=O)O. The van der Waals surface area contributed by atoms with Crippen LogP contribution in [0.1, 0.15) is 20.3 Å². The molecule has 0 aromatic rings. The first-order valence-corrected chi connectivity index (χ1v) is 3.35. The van der Waals surface area contributed by atoms with Gasteiger partial charge in [0.2, 0.25) is 0 Å². The fourth-order valence-corrected chi connectivity index (χ4v) is 0.662. The topological polar surface area (TPSA) is 46.5 Å². The van der Waals surface area contributed by atoms with Crippen molar-refractivity contribution in [1.82, 2.24) is 0 Å². The number of carboxylic acid groups (broad SMARTS) is 1. The van der Waals surface area contributed by atoms with Gasteiger partial charge in [0.15, 0.2) is 0 Å². The molecule has 0 aliphatic rings. The number of rotatable bonds is 4. The van der Waals surface area contributed by atoms with Crippen LogP contribution in [0.4, 0.5) is 0 Å². The molecule has 11 heavy (non-hydrogen) atoms. The lowest BCUT2D eigenvalue weighted by Crippen LogP contribution is -2.24. The number of methoxy groups -OCH3 is 1. The smallest absolute Gasteiger partial charge is 0.331 e. The van der Waals surface area contributed by atoms with E-state index in [1.54, 1.807) is 7.11 Å². The van der Waals surface area contributed by atoms with E-state index in [1.807, 2.05) is 13.8 Å². The van der Waals surface area contributed by atoms with Crippen molar-refractivity contribution in [3.05, 3.63) is 12.2 Å². The third-order valence-electron chi connectivity index (χ3n) is 1.49. The molecule has 0 radical (unpaired) electrons. The minimum absolute atomic E-state index is 0.178. The molecule has 0 heterocycles. The molecule has 0 atom stereocenters. The standard InChI is InChI=1S/C8H14O3/c1-6(7(9)10)5-8(2,3)11-4/h1,5H2,2-4H3,(H,9,10). The zero-order valence-corrected chi connectivity index (χ0v) is 7.18. The molecule has 0 rings (SSSR count). The molecule has 3 heteroatoms. The summed E-state index contributed by atoms with van der Waals surface area (Å²) in [5.41, 5.74) is -0.257. The second-order valence-electron chi connectivity index (χ2n) is 3.05. The van der Waals surface area contributed by atoms with Crippen LogP contribution >= 0.6 is 0 Å². The molecular formula is C8H14O3. The van der Waals surface area contributed by atoms with Crippen LogP contribution in [0.25, 0.3) is 0 Å². The number of carboxylic acids is 1. The fourth-order valence-electron chi connectivity index (χ4n) is 0.662. The minimum atomic E-state index is -0.963. The maximum atomic E-state index is 10.3. The predicted octanol–water partition coefficient (Wildman–Crippen LogP) is 1.44. The summed E-state index contributed by atoms with van der Waals surface area (Å²) in [6.07, 6.45) is 0.346. The molecule has 64 valence electrons. The molecule has 0 bridgehead atoms. The third kappa shape index (κ3) is 3.78. The number of hydrogen-bond acceptors (Lipinski definition) is 2. The molecule has 0 aliphatic carbocycles. The van der Waals surface area contributed by atoms with Gasteiger partial charge in [-0.25, -0.2) is 4.79 Å². The molecule has 1 N–H and O–H groups in total. The number of ether oxygens (including phenoxy) is 1. The Morgan fingerprint density at radius 2 is 2.09 bits per heavy atom. The summed E-state index contributed by atoms with van der Waals surface area (Å²) >= 11 is 0. The Labute approximate surface area is 66.7 Å². The van der Waals surface area contributed by atoms with Crippen LogP contribution < -0.4 is 0 Å². The summed E-state index contributed by atoms with van der Waals surface area (Å²) in [5.74, 6) is -0.963. The number of carbonyl (C=O) groups is 1. The van der Waals surface area contributed by atoms with Crippen molar-refractivity contribution in [2.24, 2.45) is 0 Å². The molecule has 0 aliphatic heterocycles. The lowest BCUT2D eigenvalue weighted by atomic mass is 10.00. The van der Waals surface area contributed by atoms with E-state index in [1.165, 1.54) is 0 Å². The van der Waals surface area contributed by atoms with E-state index in [0.717, 1.165) is 0 Å². The van der Waals surface area contributed by atoms with E-state index >= 15 is 0 Å². The Kier molecular flexibility index (Phi) is 3.26. The summed E-state index contributed by atoms with van der Waals surface area (Å²) in [5, 5.41) is 8.49. The van der Waals surface area contributed by atoms with Gasteiger partial charge in [0, 0.05) is 19.1 Å². The van der Waals surface area contributed by atoms with E-state index < -0.39 is 11.6 Å². The number of hydrogen-bond donors (Lipinski definition) is 1. The molecule has 0 saturated heterocycles. The Morgan fingerprint density at radius 3 is 2.36 bits per heavy atom. The van der Waals surface area contributed by atoms with E-state index in [4.69, 9.17) is 9.84 Å². The van der Waals surface area contributed by atoms with Crippen molar-refractivity contribution in [2.45, 2.75) is 25.9 Å². The highest BCUT2D eigenvalue weighted by Gasteiger charge is 2.20. The van der Waals surface area contributed by atoms with Crippen molar-refractivity contribution in [3.63, 3.8) is 0 Å². The van der Waals surface area contributed by atoms with Gasteiger partial charge in [-0.1, -0.05) is 6.58 Å². The van der Waals surface area contributed by atoms with Crippen molar-refractivity contribution in [3.8, 4) is 0 Å². The summed E-state index contributed by atoms with van der Waals surface area (Å²) in [6, 6.07) is 0. The van der Waals surface area contributed by atoms with Crippen LogP contribution in [0, 0.1) is 0 Å². The van der Waals surface area contributed by atoms with Crippen LogP contribution in [-0.4, -0.2) is 23.8 Å². The van der Waals surface area contributed by atoms with E-state index in [2.05, 4.69) is 6.58 Å². The summed E-state index contributed by atoms with van der Waals surface area (Å²) in [4.78, 5) is 10.3. The molecule has 0 spiro atoms. The molecule has 0 saturated carbocycles. The van der Waals surface area contributed by atoms with Crippen LogP contribution in [0.15, 0.2) is 12.2 Å². The zero-order valence-electron chi connectivity index (χ0n) is 7.18. The molecule has 0 amide bonds. The largest absolute Gasteiger partial charge is 0.478 e. The molecule has 0 fully saturated rings.